The van der Waals surface area contributed by atoms with Gasteiger partial charge in [-0.1, -0.05) is 30.3 Å². The Kier molecular flexibility index (Phi) is 5.59. The highest BCUT2D eigenvalue weighted by molar-refractivity contribution is 6.04. The van der Waals surface area contributed by atoms with Crippen LogP contribution in [0.4, 0.5) is 5.69 Å². The third-order valence-corrected chi connectivity index (χ3v) is 3.87. The smallest absolute Gasteiger partial charge is 0.255 e. The van der Waals surface area contributed by atoms with Gasteiger partial charge in [-0.25, -0.2) is 4.98 Å². The molecular formula is C20H21N3O2. The summed E-state index contributed by atoms with van der Waals surface area (Å²) >= 11 is 0. The van der Waals surface area contributed by atoms with E-state index >= 15 is 0 Å². The quantitative estimate of drug-likeness (QED) is 0.716. The van der Waals surface area contributed by atoms with Crippen molar-refractivity contribution in [1.82, 2.24) is 9.55 Å². The SMILES string of the molecule is CCOCc1ccccc1NC(=O)c1ccc(Cn2ccnc2)cc1. The number of hydrogen-bond acceptors (Lipinski definition) is 3. The van der Waals surface area contributed by atoms with Crippen LogP contribution in [0.5, 0.6) is 0 Å². The Balaban J connectivity index is 1.67. The van der Waals surface area contributed by atoms with E-state index in [0.717, 1.165) is 23.4 Å². The molecule has 5 heteroatoms. The van der Waals surface area contributed by atoms with E-state index in [1.807, 2.05) is 66.2 Å². The van der Waals surface area contributed by atoms with E-state index in [4.69, 9.17) is 4.74 Å². The number of rotatable bonds is 7. The number of para-hydroxylation sites is 1. The van der Waals surface area contributed by atoms with E-state index in [-0.39, 0.29) is 5.91 Å². The number of nitrogens with zero attached hydrogens (tertiary/aromatic N) is 2. The van der Waals surface area contributed by atoms with E-state index in [1.165, 1.54) is 0 Å². The van der Waals surface area contributed by atoms with Gasteiger partial charge in [-0.2, -0.15) is 0 Å². The standard InChI is InChI=1S/C20H21N3O2/c1-2-25-14-18-5-3-4-6-19(18)22-20(24)17-9-7-16(8-10-17)13-23-12-11-21-15-23/h3-12,15H,2,13-14H2,1H3,(H,22,24). The number of benzene rings is 2. The van der Waals surface area contributed by atoms with E-state index in [0.29, 0.717) is 18.8 Å². The number of carbonyl (C=O) groups excluding carboxylic acids is 1. The Morgan fingerprint density at radius 2 is 1.96 bits per heavy atom. The number of nitrogens with one attached hydrogen (secondary N) is 1. The third-order valence-electron chi connectivity index (χ3n) is 3.87. The Labute approximate surface area is 147 Å². The van der Waals surface area contributed by atoms with Gasteiger partial charge in [0.1, 0.15) is 0 Å². The zero-order valence-electron chi connectivity index (χ0n) is 14.2. The van der Waals surface area contributed by atoms with Crippen molar-refractivity contribution in [3.63, 3.8) is 0 Å². The van der Waals surface area contributed by atoms with Crippen LogP contribution in [-0.2, 0) is 17.9 Å². The van der Waals surface area contributed by atoms with Crippen LogP contribution in [0.1, 0.15) is 28.4 Å². The van der Waals surface area contributed by atoms with Crippen LogP contribution in [0.2, 0.25) is 0 Å². The van der Waals surface area contributed by atoms with Gasteiger partial charge in [0, 0.05) is 42.4 Å². The number of aromatic nitrogens is 2. The summed E-state index contributed by atoms with van der Waals surface area (Å²) in [5, 5.41) is 2.97. The fourth-order valence-electron chi connectivity index (χ4n) is 2.53. The van der Waals surface area contributed by atoms with E-state index in [9.17, 15) is 4.79 Å². The fraction of sp³-hybridized carbons (Fsp3) is 0.200. The lowest BCUT2D eigenvalue weighted by Crippen LogP contribution is -2.13. The summed E-state index contributed by atoms with van der Waals surface area (Å²) in [5.41, 5.74) is 3.49. The van der Waals surface area contributed by atoms with Crippen molar-refractivity contribution in [3.8, 4) is 0 Å². The first-order chi connectivity index (χ1) is 12.3. The molecule has 128 valence electrons. The predicted octanol–water partition coefficient (Wildman–Crippen LogP) is 3.72. The average molecular weight is 335 g/mol. The molecule has 5 nitrogen and oxygen atoms in total. The second-order valence-electron chi connectivity index (χ2n) is 5.68. The first kappa shape index (κ1) is 16.9. The lowest BCUT2D eigenvalue weighted by molar-refractivity contribution is 0.102. The van der Waals surface area contributed by atoms with E-state index < -0.39 is 0 Å². The number of ether oxygens (including phenoxy) is 1. The molecule has 0 saturated carbocycles. The summed E-state index contributed by atoms with van der Waals surface area (Å²) in [6.45, 7) is 3.81. The molecule has 0 aliphatic heterocycles. The molecular weight excluding hydrogens is 314 g/mol. The topological polar surface area (TPSA) is 56.1 Å². The molecule has 0 aliphatic rings. The Morgan fingerprint density at radius 3 is 2.68 bits per heavy atom. The zero-order valence-corrected chi connectivity index (χ0v) is 14.2. The minimum Gasteiger partial charge on any atom is -0.377 e. The van der Waals surface area contributed by atoms with Crippen molar-refractivity contribution in [2.24, 2.45) is 0 Å². The Hall–Kier alpha value is -2.92. The number of anilines is 1. The summed E-state index contributed by atoms with van der Waals surface area (Å²) < 4.78 is 7.44. The summed E-state index contributed by atoms with van der Waals surface area (Å²) in [7, 11) is 0. The van der Waals surface area contributed by atoms with Crippen LogP contribution in [0.25, 0.3) is 0 Å². The zero-order chi connectivity index (χ0) is 17.5. The van der Waals surface area contributed by atoms with Crippen LogP contribution in [0, 0.1) is 0 Å². The van der Waals surface area contributed by atoms with E-state index in [1.54, 1.807) is 12.5 Å². The molecule has 2 aromatic carbocycles. The minimum atomic E-state index is -0.127. The highest BCUT2D eigenvalue weighted by atomic mass is 16.5. The molecule has 0 aliphatic carbocycles. The molecule has 0 radical (unpaired) electrons. The van der Waals surface area contributed by atoms with Crippen LogP contribution in [0.15, 0.2) is 67.3 Å². The second-order valence-corrected chi connectivity index (χ2v) is 5.68. The third kappa shape index (κ3) is 4.55. The first-order valence-electron chi connectivity index (χ1n) is 8.28. The Bertz CT molecular complexity index is 811. The van der Waals surface area contributed by atoms with Crippen LogP contribution in [0.3, 0.4) is 0 Å². The fourth-order valence-corrected chi connectivity index (χ4v) is 2.53. The van der Waals surface area contributed by atoms with Gasteiger partial charge in [-0.05, 0) is 30.7 Å². The maximum absolute atomic E-state index is 12.5. The van der Waals surface area contributed by atoms with Gasteiger partial charge < -0.3 is 14.6 Å². The van der Waals surface area contributed by atoms with Crippen molar-refractivity contribution in [2.45, 2.75) is 20.1 Å². The van der Waals surface area contributed by atoms with Gasteiger partial charge in [0.15, 0.2) is 0 Å². The van der Waals surface area contributed by atoms with Gasteiger partial charge in [0.2, 0.25) is 0 Å². The van der Waals surface area contributed by atoms with Crippen molar-refractivity contribution in [2.75, 3.05) is 11.9 Å². The first-order valence-corrected chi connectivity index (χ1v) is 8.28. The summed E-state index contributed by atoms with van der Waals surface area (Å²) in [4.78, 5) is 16.5. The summed E-state index contributed by atoms with van der Waals surface area (Å²) in [5.74, 6) is -0.127. The molecule has 3 rings (SSSR count). The minimum absolute atomic E-state index is 0.127. The molecule has 0 unspecified atom stereocenters. The lowest BCUT2D eigenvalue weighted by Gasteiger charge is -2.11. The van der Waals surface area contributed by atoms with Crippen LogP contribution >= 0.6 is 0 Å². The molecule has 0 atom stereocenters. The van der Waals surface area contributed by atoms with Crippen molar-refractivity contribution >= 4 is 11.6 Å². The van der Waals surface area contributed by atoms with Gasteiger partial charge in [-0.15, -0.1) is 0 Å². The molecule has 25 heavy (non-hydrogen) atoms. The highest BCUT2D eigenvalue weighted by Crippen LogP contribution is 2.17. The Morgan fingerprint density at radius 1 is 1.16 bits per heavy atom. The molecule has 1 amide bonds. The maximum Gasteiger partial charge on any atom is 0.255 e. The number of carbonyl (C=O) groups is 1. The number of imidazole rings is 1. The van der Waals surface area contributed by atoms with Gasteiger partial charge in [0.25, 0.3) is 5.91 Å². The van der Waals surface area contributed by atoms with Crippen LogP contribution < -0.4 is 5.32 Å². The lowest BCUT2D eigenvalue weighted by atomic mass is 10.1. The molecule has 1 heterocycles. The van der Waals surface area contributed by atoms with Gasteiger partial charge >= 0.3 is 0 Å². The predicted molar refractivity (Wildman–Crippen MR) is 97.5 cm³/mol. The van der Waals surface area contributed by atoms with Crippen LogP contribution in [-0.4, -0.2) is 22.1 Å². The van der Waals surface area contributed by atoms with Crippen molar-refractivity contribution < 1.29 is 9.53 Å². The molecule has 1 N–H and O–H groups in total. The van der Waals surface area contributed by atoms with E-state index in [2.05, 4.69) is 10.3 Å². The number of hydrogen-bond donors (Lipinski definition) is 1. The normalized spacial score (nSPS) is 10.6. The molecule has 0 saturated heterocycles. The highest BCUT2D eigenvalue weighted by Gasteiger charge is 2.09. The molecule has 3 aromatic rings. The van der Waals surface area contributed by atoms with Gasteiger partial charge in [0.05, 0.1) is 12.9 Å². The molecule has 0 bridgehead atoms. The second kappa shape index (κ2) is 8.26. The largest absolute Gasteiger partial charge is 0.377 e. The summed E-state index contributed by atoms with van der Waals surface area (Å²) in [6, 6.07) is 15.3. The summed E-state index contributed by atoms with van der Waals surface area (Å²) in [6.07, 6.45) is 5.44. The van der Waals surface area contributed by atoms with Gasteiger partial charge in [-0.3, -0.25) is 4.79 Å². The van der Waals surface area contributed by atoms with Crippen molar-refractivity contribution in [1.29, 1.82) is 0 Å². The molecule has 0 spiro atoms. The van der Waals surface area contributed by atoms with Crippen molar-refractivity contribution in [3.05, 3.63) is 83.9 Å². The molecule has 0 fully saturated rings. The monoisotopic (exact) mass is 335 g/mol. The number of amides is 1. The molecule has 1 aromatic heterocycles. The average Bonchev–Trinajstić information content (AvgIpc) is 3.14. The maximum atomic E-state index is 12.5.